The summed E-state index contributed by atoms with van der Waals surface area (Å²) < 4.78 is 0. The van der Waals surface area contributed by atoms with E-state index in [1.807, 2.05) is 6.92 Å². The number of aliphatic hydroxyl groups excluding tert-OH is 4. The molecule has 1 rings (SSSR count). The zero-order valence-electron chi connectivity index (χ0n) is 11.9. The largest absolute Gasteiger partial charge is 0.395 e. The summed E-state index contributed by atoms with van der Waals surface area (Å²) in [5, 5.41) is 41.0. The zero-order valence-corrected chi connectivity index (χ0v) is 11.9. The Morgan fingerprint density at radius 2 is 1.85 bits per heavy atom. The monoisotopic (exact) mass is 290 g/mol. The molecule has 0 radical (unpaired) electrons. The van der Waals surface area contributed by atoms with Crippen LogP contribution in [-0.2, 0) is 4.79 Å². The number of nitrogens with one attached hydrogen (secondary N) is 1. The molecule has 1 aliphatic heterocycles. The first-order valence-electron chi connectivity index (χ1n) is 7.17. The molecule has 0 saturated carbocycles. The highest BCUT2D eigenvalue weighted by molar-refractivity contribution is 5.76. The molecule has 20 heavy (non-hydrogen) atoms. The number of nitrogens with zero attached hydrogens (tertiary/aromatic N) is 1. The number of amides is 1. The van der Waals surface area contributed by atoms with Gasteiger partial charge in [0.05, 0.1) is 31.5 Å². The summed E-state index contributed by atoms with van der Waals surface area (Å²) >= 11 is 0. The van der Waals surface area contributed by atoms with Crippen molar-refractivity contribution in [1.29, 1.82) is 0 Å². The molecule has 0 spiro atoms. The Morgan fingerprint density at radius 3 is 2.40 bits per heavy atom. The minimum Gasteiger partial charge on any atom is -0.395 e. The summed E-state index contributed by atoms with van der Waals surface area (Å²) in [6, 6.07) is -1.23. The Balaban J connectivity index is 2.62. The van der Waals surface area contributed by atoms with Crippen LogP contribution in [0.1, 0.15) is 26.2 Å². The van der Waals surface area contributed by atoms with E-state index in [9.17, 15) is 20.1 Å². The van der Waals surface area contributed by atoms with Crippen LogP contribution in [0.25, 0.3) is 0 Å². The average molecular weight is 290 g/mol. The first-order valence-corrected chi connectivity index (χ1v) is 7.17. The van der Waals surface area contributed by atoms with Gasteiger partial charge in [0.15, 0.2) is 0 Å². The van der Waals surface area contributed by atoms with E-state index in [0.29, 0.717) is 6.54 Å². The van der Waals surface area contributed by atoms with E-state index >= 15 is 0 Å². The van der Waals surface area contributed by atoms with Gasteiger partial charge >= 0.3 is 0 Å². The van der Waals surface area contributed by atoms with Crippen LogP contribution >= 0.6 is 0 Å². The molecule has 4 atom stereocenters. The van der Waals surface area contributed by atoms with Gasteiger partial charge in [0, 0.05) is 25.6 Å². The second-order valence-electron chi connectivity index (χ2n) is 5.17. The molecule has 7 nitrogen and oxygen atoms in total. The molecule has 0 aliphatic carbocycles. The Labute approximate surface area is 119 Å². The third-order valence-corrected chi connectivity index (χ3v) is 3.78. The summed E-state index contributed by atoms with van der Waals surface area (Å²) in [4.78, 5) is 13.4. The van der Waals surface area contributed by atoms with Crippen LogP contribution in [0, 0.1) is 0 Å². The zero-order chi connectivity index (χ0) is 15.1. The van der Waals surface area contributed by atoms with Crippen LogP contribution in [0.4, 0.5) is 0 Å². The standard InChI is InChI=1S/C13H26N2O5/c1-2-3-4-14-11(18)7-9-12(19)13(20)10(8-17)15(9)5-6-16/h9-10,12-13,16-17,19-20H,2-8H2,1H3,(H,14,18)/t9?,10-,12+,13-/m1/s1. The number of hydrogen-bond acceptors (Lipinski definition) is 6. The lowest BCUT2D eigenvalue weighted by molar-refractivity contribution is -0.123. The molecule has 1 saturated heterocycles. The summed E-state index contributed by atoms with van der Waals surface area (Å²) in [5.41, 5.74) is 0. The Hall–Kier alpha value is -0.730. The van der Waals surface area contributed by atoms with Crippen molar-refractivity contribution in [3.8, 4) is 0 Å². The number of hydrogen-bond donors (Lipinski definition) is 5. The Kier molecular flexibility index (Phi) is 7.39. The fraction of sp³-hybridized carbons (Fsp3) is 0.923. The molecule has 1 aliphatic rings. The van der Waals surface area contributed by atoms with Gasteiger partial charge < -0.3 is 25.7 Å². The quantitative estimate of drug-likeness (QED) is 0.332. The second-order valence-corrected chi connectivity index (χ2v) is 5.17. The smallest absolute Gasteiger partial charge is 0.221 e. The van der Waals surface area contributed by atoms with E-state index in [0.717, 1.165) is 12.8 Å². The summed E-state index contributed by atoms with van der Waals surface area (Å²) in [5.74, 6) is -0.198. The van der Waals surface area contributed by atoms with Gasteiger partial charge in [-0.2, -0.15) is 0 Å². The minimum absolute atomic E-state index is 0.0401. The van der Waals surface area contributed by atoms with Gasteiger partial charge in [0.25, 0.3) is 0 Å². The fourth-order valence-electron chi connectivity index (χ4n) is 2.66. The third-order valence-electron chi connectivity index (χ3n) is 3.78. The lowest BCUT2D eigenvalue weighted by Crippen LogP contribution is -2.45. The van der Waals surface area contributed by atoms with E-state index in [-0.39, 0.29) is 32.1 Å². The Morgan fingerprint density at radius 1 is 1.20 bits per heavy atom. The van der Waals surface area contributed by atoms with Gasteiger partial charge in [-0.15, -0.1) is 0 Å². The molecule has 1 heterocycles. The lowest BCUT2D eigenvalue weighted by Gasteiger charge is -2.28. The van der Waals surface area contributed by atoms with Crippen LogP contribution in [0.15, 0.2) is 0 Å². The molecule has 0 aromatic carbocycles. The predicted octanol–water partition coefficient (Wildman–Crippen LogP) is -1.95. The normalized spacial score (nSPS) is 30.6. The fourth-order valence-corrected chi connectivity index (χ4v) is 2.66. The highest BCUT2D eigenvalue weighted by Crippen LogP contribution is 2.27. The maximum atomic E-state index is 11.8. The van der Waals surface area contributed by atoms with Crippen molar-refractivity contribution in [2.24, 2.45) is 0 Å². The predicted molar refractivity (Wildman–Crippen MR) is 73.0 cm³/mol. The van der Waals surface area contributed by atoms with Crippen molar-refractivity contribution >= 4 is 5.91 Å². The minimum atomic E-state index is -1.11. The van der Waals surface area contributed by atoms with Crippen LogP contribution in [0.3, 0.4) is 0 Å². The van der Waals surface area contributed by atoms with Gasteiger partial charge in [0.2, 0.25) is 5.91 Å². The van der Waals surface area contributed by atoms with Crippen molar-refractivity contribution in [2.75, 3.05) is 26.3 Å². The van der Waals surface area contributed by atoms with Crippen molar-refractivity contribution < 1.29 is 25.2 Å². The number of β-amino-alcohol motifs (C(OH)–C–C–N with tert-alkyl or cyclic N) is 1. The van der Waals surface area contributed by atoms with E-state index in [1.165, 1.54) is 0 Å². The van der Waals surface area contributed by atoms with Gasteiger partial charge in [-0.3, -0.25) is 9.69 Å². The van der Waals surface area contributed by atoms with E-state index in [4.69, 9.17) is 5.11 Å². The van der Waals surface area contributed by atoms with Gasteiger partial charge in [-0.1, -0.05) is 13.3 Å². The summed E-state index contributed by atoms with van der Waals surface area (Å²) in [6.07, 6.45) is -0.302. The summed E-state index contributed by atoms with van der Waals surface area (Å²) in [7, 11) is 0. The summed E-state index contributed by atoms with van der Waals surface area (Å²) in [6.45, 7) is 2.32. The SMILES string of the molecule is CCCCNC(=O)CC1[C@H](O)[C@H](O)[C@@H](CO)N1CCO. The van der Waals surface area contributed by atoms with Crippen molar-refractivity contribution in [3.05, 3.63) is 0 Å². The molecular formula is C13H26N2O5. The molecule has 0 aromatic rings. The van der Waals surface area contributed by atoms with E-state index in [1.54, 1.807) is 4.90 Å². The highest BCUT2D eigenvalue weighted by atomic mass is 16.3. The number of rotatable bonds is 8. The molecule has 0 aromatic heterocycles. The number of unbranched alkanes of at least 4 members (excludes halogenated alkanes) is 1. The molecular weight excluding hydrogens is 264 g/mol. The number of carbonyl (C=O) groups excluding carboxylic acids is 1. The molecule has 0 bridgehead atoms. The Bertz CT molecular complexity index is 302. The van der Waals surface area contributed by atoms with Crippen LogP contribution in [-0.4, -0.2) is 81.8 Å². The van der Waals surface area contributed by atoms with Gasteiger partial charge in [-0.25, -0.2) is 0 Å². The van der Waals surface area contributed by atoms with E-state index in [2.05, 4.69) is 5.32 Å². The topological polar surface area (TPSA) is 113 Å². The average Bonchev–Trinajstić information content (AvgIpc) is 2.64. The first kappa shape index (κ1) is 17.3. The molecule has 118 valence electrons. The van der Waals surface area contributed by atoms with Crippen LogP contribution in [0.2, 0.25) is 0 Å². The molecule has 1 amide bonds. The number of carbonyl (C=O) groups is 1. The molecule has 1 fully saturated rings. The maximum Gasteiger partial charge on any atom is 0.221 e. The molecule has 7 heteroatoms. The molecule has 5 N–H and O–H groups in total. The molecule has 1 unspecified atom stereocenters. The van der Waals surface area contributed by atoms with Crippen LogP contribution < -0.4 is 5.32 Å². The second kappa shape index (κ2) is 8.53. The third kappa shape index (κ3) is 4.13. The maximum absolute atomic E-state index is 11.8. The van der Waals surface area contributed by atoms with Gasteiger partial charge in [-0.05, 0) is 6.42 Å². The van der Waals surface area contributed by atoms with E-state index < -0.39 is 24.3 Å². The van der Waals surface area contributed by atoms with Crippen molar-refractivity contribution in [1.82, 2.24) is 10.2 Å². The van der Waals surface area contributed by atoms with Crippen molar-refractivity contribution in [3.63, 3.8) is 0 Å². The van der Waals surface area contributed by atoms with Crippen molar-refractivity contribution in [2.45, 2.75) is 50.5 Å². The number of aliphatic hydroxyl groups is 4. The lowest BCUT2D eigenvalue weighted by atomic mass is 10.1. The van der Waals surface area contributed by atoms with Gasteiger partial charge in [0.1, 0.15) is 0 Å². The van der Waals surface area contributed by atoms with Crippen LogP contribution in [0.5, 0.6) is 0 Å². The first-order chi connectivity index (χ1) is 9.56. The highest BCUT2D eigenvalue weighted by Gasteiger charge is 2.47. The number of likely N-dealkylation sites (tertiary alicyclic amines) is 1.